The highest BCUT2D eigenvalue weighted by Crippen LogP contribution is 2.38. The van der Waals surface area contributed by atoms with Crippen molar-refractivity contribution in [2.75, 3.05) is 6.61 Å². The largest absolute Gasteiger partial charge is 0.467 e. The molecule has 4 rings (SSSR count). The molecule has 154 valence electrons. The summed E-state index contributed by atoms with van der Waals surface area (Å²) in [6.45, 7) is 4.21. The molecule has 0 saturated carbocycles. The smallest absolute Gasteiger partial charge is 0.258 e. The molecule has 0 fully saturated rings. The molecule has 8 nitrogen and oxygen atoms in total. The van der Waals surface area contributed by atoms with Crippen molar-refractivity contribution in [1.29, 1.82) is 5.26 Å². The maximum atomic E-state index is 12.2. The van der Waals surface area contributed by atoms with E-state index in [1.54, 1.807) is 30.5 Å². The van der Waals surface area contributed by atoms with Crippen molar-refractivity contribution in [3.63, 3.8) is 0 Å². The van der Waals surface area contributed by atoms with Gasteiger partial charge in [-0.05, 0) is 43.7 Å². The highest BCUT2D eigenvalue weighted by molar-refractivity contribution is 5.77. The van der Waals surface area contributed by atoms with E-state index in [4.69, 9.17) is 18.3 Å². The van der Waals surface area contributed by atoms with Gasteiger partial charge in [-0.25, -0.2) is 4.98 Å². The molecular weight excluding hydrogens is 386 g/mol. The van der Waals surface area contributed by atoms with Gasteiger partial charge in [-0.1, -0.05) is 0 Å². The zero-order valence-corrected chi connectivity index (χ0v) is 16.7. The summed E-state index contributed by atoms with van der Waals surface area (Å²) in [5, 5.41) is 12.5. The minimum Gasteiger partial charge on any atom is -0.467 e. The molecule has 0 saturated heterocycles. The van der Waals surface area contributed by atoms with E-state index in [0.717, 1.165) is 11.1 Å². The molecule has 0 atom stereocenters. The van der Waals surface area contributed by atoms with E-state index in [-0.39, 0.29) is 24.9 Å². The second kappa shape index (κ2) is 8.05. The monoisotopic (exact) mass is 407 g/mol. The number of amides is 1. The van der Waals surface area contributed by atoms with Crippen LogP contribution in [0, 0.1) is 11.3 Å². The Morgan fingerprint density at radius 1 is 1.27 bits per heavy atom. The fraction of sp³-hybridized carbons (Fsp3) is 0.318. The lowest BCUT2D eigenvalue weighted by Gasteiger charge is -2.33. The van der Waals surface area contributed by atoms with Gasteiger partial charge in [0.15, 0.2) is 12.4 Å². The summed E-state index contributed by atoms with van der Waals surface area (Å²) < 4.78 is 22.3. The summed E-state index contributed by atoms with van der Waals surface area (Å²) in [4.78, 5) is 16.7. The van der Waals surface area contributed by atoms with E-state index >= 15 is 0 Å². The van der Waals surface area contributed by atoms with Crippen LogP contribution in [-0.2, 0) is 29.1 Å². The van der Waals surface area contributed by atoms with Crippen LogP contribution in [0.15, 0.2) is 45.6 Å². The summed E-state index contributed by atoms with van der Waals surface area (Å²) in [5.74, 6) is 0.938. The Kier molecular flexibility index (Phi) is 5.29. The maximum absolute atomic E-state index is 12.2. The number of hydrogen-bond acceptors (Lipinski definition) is 7. The average Bonchev–Trinajstić information content (AvgIpc) is 3.43. The number of aromatic nitrogens is 1. The topological polar surface area (TPSA) is 111 Å². The third-order valence-electron chi connectivity index (χ3n) is 4.84. The first-order chi connectivity index (χ1) is 14.5. The van der Waals surface area contributed by atoms with Gasteiger partial charge >= 0.3 is 0 Å². The Morgan fingerprint density at radius 2 is 2.07 bits per heavy atom. The van der Waals surface area contributed by atoms with E-state index in [1.807, 2.05) is 13.8 Å². The van der Waals surface area contributed by atoms with Gasteiger partial charge in [-0.2, -0.15) is 5.26 Å². The van der Waals surface area contributed by atoms with Crippen LogP contribution in [0.25, 0.3) is 11.5 Å². The van der Waals surface area contributed by atoms with E-state index in [9.17, 15) is 10.1 Å². The lowest BCUT2D eigenvalue weighted by Crippen LogP contribution is -2.33. The van der Waals surface area contributed by atoms with E-state index in [2.05, 4.69) is 16.4 Å². The minimum atomic E-state index is -0.432. The van der Waals surface area contributed by atoms with E-state index in [1.165, 1.54) is 6.26 Å². The van der Waals surface area contributed by atoms with Crippen molar-refractivity contribution in [2.24, 2.45) is 0 Å². The number of ether oxygens (including phenoxy) is 2. The number of pyridine rings is 1. The van der Waals surface area contributed by atoms with Crippen molar-refractivity contribution in [1.82, 2.24) is 10.3 Å². The third kappa shape index (κ3) is 4.07. The summed E-state index contributed by atoms with van der Waals surface area (Å²) in [5.41, 5.74) is 2.04. The number of rotatable bonds is 6. The number of nitriles is 1. The molecule has 3 aromatic heterocycles. The number of fused-ring (bicyclic) bond motifs is 1. The highest BCUT2D eigenvalue weighted by atomic mass is 16.5. The van der Waals surface area contributed by atoms with Crippen LogP contribution < -0.4 is 10.1 Å². The molecule has 0 bridgehead atoms. The van der Waals surface area contributed by atoms with Gasteiger partial charge in [0.2, 0.25) is 5.88 Å². The van der Waals surface area contributed by atoms with Crippen molar-refractivity contribution in [3.05, 3.63) is 59.2 Å². The SMILES string of the molecule is CC1(C)Cc2c(C#N)c(OCC(=O)NCc3ccco3)nc(-c3ccco3)c2CO1. The average molecular weight is 407 g/mol. The molecule has 1 aliphatic rings. The molecular formula is C22H21N3O5. The Bertz CT molecular complexity index is 1080. The zero-order chi connectivity index (χ0) is 21.1. The molecule has 1 aliphatic heterocycles. The normalized spacial score (nSPS) is 14.6. The summed E-state index contributed by atoms with van der Waals surface area (Å²) in [6.07, 6.45) is 3.61. The molecule has 1 N–H and O–H groups in total. The van der Waals surface area contributed by atoms with Gasteiger partial charge in [0.05, 0.1) is 31.3 Å². The Hall–Kier alpha value is -3.57. The van der Waals surface area contributed by atoms with Gasteiger partial charge < -0.3 is 23.6 Å². The summed E-state index contributed by atoms with van der Waals surface area (Å²) >= 11 is 0. The Morgan fingerprint density at radius 3 is 2.77 bits per heavy atom. The number of carbonyl (C=O) groups is 1. The molecule has 0 unspecified atom stereocenters. The standard InChI is InChI=1S/C22H21N3O5/c1-22(2)9-15-16(10-23)21(29-13-19(26)24-11-14-5-3-7-27-14)25-20(17(15)12-30-22)18-6-4-8-28-18/h3-8H,9,11-13H2,1-2H3,(H,24,26). The quantitative estimate of drug-likeness (QED) is 0.667. The summed E-state index contributed by atoms with van der Waals surface area (Å²) in [7, 11) is 0. The van der Waals surface area contributed by atoms with Crippen molar-refractivity contribution in [3.8, 4) is 23.4 Å². The molecule has 3 aromatic rings. The molecule has 0 spiro atoms. The van der Waals surface area contributed by atoms with Gasteiger partial charge in [0.25, 0.3) is 5.91 Å². The predicted molar refractivity (Wildman–Crippen MR) is 105 cm³/mol. The van der Waals surface area contributed by atoms with Gasteiger partial charge in [-0.15, -0.1) is 0 Å². The molecule has 8 heteroatoms. The van der Waals surface area contributed by atoms with Crippen molar-refractivity contribution >= 4 is 5.91 Å². The Balaban J connectivity index is 1.61. The van der Waals surface area contributed by atoms with Crippen LogP contribution in [0.4, 0.5) is 0 Å². The first-order valence-electron chi connectivity index (χ1n) is 9.52. The number of furan rings is 2. The Labute approximate surface area is 173 Å². The maximum Gasteiger partial charge on any atom is 0.258 e. The minimum absolute atomic E-state index is 0.105. The van der Waals surface area contributed by atoms with Gasteiger partial charge in [0.1, 0.15) is 23.1 Å². The number of nitrogens with one attached hydrogen (secondary N) is 1. The number of hydrogen-bond donors (Lipinski definition) is 1. The van der Waals surface area contributed by atoms with Crippen LogP contribution in [0.5, 0.6) is 5.88 Å². The van der Waals surface area contributed by atoms with E-state index in [0.29, 0.717) is 35.8 Å². The number of nitrogens with zero attached hydrogens (tertiary/aromatic N) is 2. The molecule has 0 aliphatic carbocycles. The van der Waals surface area contributed by atoms with Gasteiger partial charge in [-0.3, -0.25) is 4.79 Å². The fourth-order valence-electron chi connectivity index (χ4n) is 3.36. The molecule has 1 amide bonds. The van der Waals surface area contributed by atoms with Crippen molar-refractivity contribution < 1.29 is 23.1 Å². The molecule has 0 aromatic carbocycles. The molecule has 30 heavy (non-hydrogen) atoms. The van der Waals surface area contributed by atoms with Gasteiger partial charge in [0, 0.05) is 12.0 Å². The number of carbonyl (C=O) groups excluding carboxylic acids is 1. The van der Waals surface area contributed by atoms with Crippen LogP contribution in [0.1, 0.15) is 36.3 Å². The van der Waals surface area contributed by atoms with Crippen LogP contribution in [-0.4, -0.2) is 23.1 Å². The third-order valence-corrected chi connectivity index (χ3v) is 4.84. The molecule has 0 radical (unpaired) electrons. The first-order valence-corrected chi connectivity index (χ1v) is 9.52. The first kappa shape index (κ1) is 19.7. The fourth-order valence-corrected chi connectivity index (χ4v) is 3.36. The van der Waals surface area contributed by atoms with Crippen molar-refractivity contribution in [2.45, 2.75) is 39.0 Å². The second-order valence-corrected chi connectivity index (χ2v) is 7.56. The van der Waals surface area contributed by atoms with Crippen LogP contribution in [0.3, 0.4) is 0 Å². The lowest BCUT2D eigenvalue weighted by atomic mass is 9.88. The molecule has 4 heterocycles. The second-order valence-electron chi connectivity index (χ2n) is 7.56. The van der Waals surface area contributed by atoms with Crippen LogP contribution >= 0.6 is 0 Å². The zero-order valence-electron chi connectivity index (χ0n) is 16.7. The highest BCUT2D eigenvalue weighted by Gasteiger charge is 2.33. The van der Waals surface area contributed by atoms with Crippen LogP contribution in [0.2, 0.25) is 0 Å². The van der Waals surface area contributed by atoms with E-state index < -0.39 is 5.60 Å². The lowest BCUT2D eigenvalue weighted by molar-refractivity contribution is -0.123. The predicted octanol–water partition coefficient (Wildman–Crippen LogP) is 3.35. The summed E-state index contributed by atoms with van der Waals surface area (Å²) in [6, 6.07) is 9.25.